The fraction of sp³-hybridized carbons (Fsp3) is 0.942. The number of ether oxygens (including phenoxy) is 4. The van der Waals surface area contributed by atoms with Gasteiger partial charge in [0.05, 0.1) is 26.4 Å². The van der Waals surface area contributed by atoms with E-state index >= 15 is 0 Å². The third-order valence-corrected chi connectivity index (χ3v) is 17.9. The normalized spacial score (nSPS) is 14.1. The van der Waals surface area contributed by atoms with Gasteiger partial charge in [-0.25, -0.2) is 9.13 Å². The molecule has 2 unspecified atom stereocenters. The van der Waals surface area contributed by atoms with E-state index in [9.17, 15) is 43.2 Å². The summed E-state index contributed by atoms with van der Waals surface area (Å²) < 4.78 is 68.1. The van der Waals surface area contributed by atoms with Crippen LogP contribution < -0.4 is 0 Å². The van der Waals surface area contributed by atoms with Crippen LogP contribution in [0.2, 0.25) is 0 Å². The quantitative estimate of drug-likeness (QED) is 0.0222. The Hall–Kier alpha value is -1.94. The minimum absolute atomic E-state index is 0.106. The zero-order valence-electron chi connectivity index (χ0n) is 56.9. The van der Waals surface area contributed by atoms with Crippen LogP contribution in [0.5, 0.6) is 0 Å². The Morgan fingerprint density at radius 1 is 0.307 bits per heavy atom. The summed E-state index contributed by atoms with van der Waals surface area (Å²) in [5.74, 6) is -1.34. The first kappa shape index (κ1) is 86.1. The molecule has 0 fully saturated rings. The molecule has 88 heavy (non-hydrogen) atoms. The Morgan fingerprint density at radius 3 is 0.773 bits per heavy atom. The maximum atomic E-state index is 13.0. The van der Waals surface area contributed by atoms with E-state index in [0.29, 0.717) is 25.7 Å². The standard InChI is InChI=1S/C69H134O17P2/c1-6-9-12-15-18-21-22-23-24-27-30-34-38-43-48-53-67(72)80-59-65(86-69(74)55-50-45-40-35-31-28-25-26-29-33-36-41-46-51-62(4)5)61-84-88(77,78)82-57-63(70)56-81-87(75,76)83-60-64(58-79-66(71)52-47-42-37-20-17-14-11-8-3)85-68(73)54-49-44-39-32-19-16-13-10-7-2/h62-65,70H,6-61H2,1-5H3,(H,75,76)(H,77,78)/t63-,64+,65+/m0/s1. The molecule has 3 N–H and O–H groups in total. The Bertz CT molecular complexity index is 1700. The lowest BCUT2D eigenvalue weighted by atomic mass is 10.0. The van der Waals surface area contributed by atoms with Gasteiger partial charge in [0.25, 0.3) is 0 Å². The van der Waals surface area contributed by atoms with E-state index in [4.69, 9.17) is 37.0 Å². The van der Waals surface area contributed by atoms with Gasteiger partial charge in [-0.15, -0.1) is 0 Å². The van der Waals surface area contributed by atoms with Gasteiger partial charge in [-0.3, -0.25) is 37.3 Å². The van der Waals surface area contributed by atoms with E-state index in [2.05, 4.69) is 34.6 Å². The summed E-state index contributed by atoms with van der Waals surface area (Å²) in [5.41, 5.74) is 0. The van der Waals surface area contributed by atoms with Crippen LogP contribution >= 0.6 is 15.6 Å². The number of unbranched alkanes of at least 4 members (excludes halogenated alkanes) is 41. The van der Waals surface area contributed by atoms with Crippen molar-refractivity contribution in [3.8, 4) is 0 Å². The molecule has 0 saturated carbocycles. The summed E-state index contributed by atoms with van der Waals surface area (Å²) in [7, 11) is -9.89. The minimum Gasteiger partial charge on any atom is -0.462 e. The average Bonchev–Trinajstić information content (AvgIpc) is 3.67. The lowest BCUT2D eigenvalue weighted by Gasteiger charge is -2.21. The molecule has 0 aliphatic carbocycles. The Kier molecular flexibility index (Phi) is 61.1. The Labute approximate surface area is 537 Å². The second kappa shape index (κ2) is 62.5. The third kappa shape index (κ3) is 62.8. The highest BCUT2D eigenvalue weighted by atomic mass is 31.2. The number of phosphoric ester groups is 2. The maximum absolute atomic E-state index is 13.0. The van der Waals surface area contributed by atoms with Gasteiger partial charge in [0, 0.05) is 25.7 Å². The highest BCUT2D eigenvalue weighted by Gasteiger charge is 2.30. The molecule has 0 amide bonds. The molecule has 522 valence electrons. The third-order valence-electron chi connectivity index (χ3n) is 16.0. The molecule has 0 rings (SSSR count). The van der Waals surface area contributed by atoms with Crippen molar-refractivity contribution in [2.24, 2.45) is 5.92 Å². The van der Waals surface area contributed by atoms with E-state index in [1.165, 1.54) is 173 Å². The minimum atomic E-state index is -4.95. The van der Waals surface area contributed by atoms with E-state index < -0.39 is 97.5 Å². The van der Waals surface area contributed by atoms with Gasteiger partial charge < -0.3 is 33.8 Å². The molecule has 17 nitrogen and oxygen atoms in total. The highest BCUT2D eigenvalue weighted by Crippen LogP contribution is 2.45. The predicted octanol–water partition coefficient (Wildman–Crippen LogP) is 19.7. The molecule has 0 aromatic heterocycles. The number of carbonyl (C=O) groups excluding carboxylic acids is 4. The van der Waals surface area contributed by atoms with Crippen LogP contribution in [0.1, 0.15) is 356 Å². The molecule has 0 saturated heterocycles. The molecule has 0 spiro atoms. The molecular weight excluding hydrogens is 1160 g/mol. The van der Waals surface area contributed by atoms with Crippen LogP contribution in [0.3, 0.4) is 0 Å². The van der Waals surface area contributed by atoms with E-state index in [1.54, 1.807) is 0 Å². The summed E-state index contributed by atoms with van der Waals surface area (Å²) in [5, 5.41) is 10.6. The predicted molar refractivity (Wildman–Crippen MR) is 354 cm³/mol. The first-order chi connectivity index (χ1) is 42.5. The molecule has 0 aromatic carbocycles. The number of aliphatic hydroxyl groups is 1. The second-order valence-electron chi connectivity index (χ2n) is 25.4. The maximum Gasteiger partial charge on any atom is 0.472 e. The molecule has 0 aliphatic heterocycles. The molecule has 0 aromatic rings. The lowest BCUT2D eigenvalue weighted by molar-refractivity contribution is -0.161. The molecule has 0 heterocycles. The zero-order valence-corrected chi connectivity index (χ0v) is 58.6. The lowest BCUT2D eigenvalue weighted by Crippen LogP contribution is -2.30. The summed E-state index contributed by atoms with van der Waals surface area (Å²) in [6.45, 7) is 7.22. The van der Waals surface area contributed by atoms with E-state index in [0.717, 1.165) is 102 Å². The Balaban J connectivity index is 5.20. The number of phosphoric acid groups is 2. The van der Waals surface area contributed by atoms with Crippen molar-refractivity contribution in [3.05, 3.63) is 0 Å². The fourth-order valence-corrected chi connectivity index (χ4v) is 12.0. The SMILES string of the molecule is CCCCCCCCCCCCCCCCCC(=O)OC[C@H](COP(=O)(O)OC[C@@H](O)COP(=O)(O)OC[C@@H](COC(=O)CCCCCCCCCC)OC(=O)CCCCCCCCCCC)OC(=O)CCCCCCCCCCCCCCCC(C)C. The van der Waals surface area contributed by atoms with E-state index in [-0.39, 0.29) is 25.7 Å². The summed E-state index contributed by atoms with van der Waals surface area (Å²) in [6.07, 6.45) is 48.6. The number of hydrogen-bond acceptors (Lipinski definition) is 15. The largest absolute Gasteiger partial charge is 0.472 e. The zero-order chi connectivity index (χ0) is 64.9. The van der Waals surface area contributed by atoms with Gasteiger partial charge in [0.2, 0.25) is 0 Å². The van der Waals surface area contributed by atoms with Gasteiger partial charge in [-0.05, 0) is 31.6 Å². The van der Waals surface area contributed by atoms with Crippen molar-refractivity contribution in [2.75, 3.05) is 39.6 Å². The number of hydrogen-bond donors (Lipinski definition) is 3. The van der Waals surface area contributed by atoms with Crippen molar-refractivity contribution >= 4 is 39.5 Å². The first-order valence-electron chi connectivity index (χ1n) is 36.1. The van der Waals surface area contributed by atoms with E-state index in [1.807, 2.05) is 0 Å². The number of rotatable bonds is 69. The second-order valence-corrected chi connectivity index (χ2v) is 28.3. The van der Waals surface area contributed by atoms with Crippen LogP contribution in [-0.2, 0) is 65.4 Å². The van der Waals surface area contributed by atoms with Crippen molar-refractivity contribution in [1.82, 2.24) is 0 Å². The smallest absolute Gasteiger partial charge is 0.462 e. The van der Waals surface area contributed by atoms with Crippen molar-refractivity contribution in [2.45, 2.75) is 374 Å². The fourth-order valence-electron chi connectivity index (χ4n) is 10.5. The number of carbonyl (C=O) groups is 4. The number of esters is 4. The molecule has 19 heteroatoms. The first-order valence-corrected chi connectivity index (χ1v) is 39.1. The van der Waals surface area contributed by atoms with Crippen molar-refractivity contribution in [3.63, 3.8) is 0 Å². The Morgan fingerprint density at radius 2 is 0.523 bits per heavy atom. The topological polar surface area (TPSA) is 237 Å². The molecule has 0 radical (unpaired) electrons. The van der Waals surface area contributed by atoms with Crippen LogP contribution in [0.15, 0.2) is 0 Å². The number of aliphatic hydroxyl groups excluding tert-OH is 1. The van der Waals surface area contributed by atoms with Gasteiger partial charge >= 0.3 is 39.5 Å². The molecular formula is C69H134O17P2. The summed E-state index contributed by atoms with van der Waals surface area (Å²) >= 11 is 0. The van der Waals surface area contributed by atoms with Crippen LogP contribution in [0, 0.1) is 5.92 Å². The van der Waals surface area contributed by atoms with Crippen LogP contribution in [0.25, 0.3) is 0 Å². The van der Waals surface area contributed by atoms with Crippen molar-refractivity contribution < 1.29 is 80.2 Å². The highest BCUT2D eigenvalue weighted by molar-refractivity contribution is 7.47. The molecule has 0 aliphatic rings. The van der Waals surface area contributed by atoms with Gasteiger partial charge in [0.15, 0.2) is 12.2 Å². The summed E-state index contributed by atoms with van der Waals surface area (Å²) in [4.78, 5) is 72.4. The van der Waals surface area contributed by atoms with Gasteiger partial charge in [0.1, 0.15) is 19.3 Å². The molecule has 0 bridgehead atoms. The average molecular weight is 1300 g/mol. The van der Waals surface area contributed by atoms with Crippen molar-refractivity contribution in [1.29, 1.82) is 0 Å². The summed E-state index contributed by atoms with van der Waals surface area (Å²) in [6, 6.07) is 0. The van der Waals surface area contributed by atoms with Crippen LogP contribution in [0.4, 0.5) is 0 Å². The monoisotopic (exact) mass is 1300 g/mol. The molecule has 5 atom stereocenters. The van der Waals surface area contributed by atoms with Crippen LogP contribution in [-0.4, -0.2) is 96.7 Å². The van der Waals surface area contributed by atoms with Gasteiger partial charge in [-0.1, -0.05) is 304 Å². The van der Waals surface area contributed by atoms with Gasteiger partial charge in [-0.2, -0.15) is 0 Å².